The molecule has 0 saturated carbocycles. The number of aromatic nitrogens is 3. The van der Waals surface area contributed by atoms with Gasteiger partial charge in [0.1, 0.15) is 47.4 Å². The number of likely N-dealkylation sites (tertiary alicyclic amines) is 1. The summed E-state index contributed by atoms with van der Waals surface area (Å²) in [6.07, 6.45) is 4.93. The number of hydrogen-bond donors (Lipinski definition) is 5. The molecule has 5 aliphatic rings. The van der Waals surface area contributed by atoms with Crippen LogP contribution in [0.1, 0.15) is 81.8 Å². The molecule has 16 nitrogen and oxygen atoms in total. The number of halogens is 3. The van der Waals surface area contributed by atoms with E-state index in [0.29, 0.717) is 87.0 Å². The lowest BCUT2D eigenvalue weighted by atomic mass is 9.89. The summed E-state index contributed by atoms with van der Waals surface area (Å²) in [5, 5.41) is 31.7. The number of imide groups is 1. The monoisotopic (exact) mass is 993 g/mol. The van der Waals surface area contributed by atoms with Gasteiger partial charge in [0.15, 0.2) is 5.82 Å². The highest BCUT2D eigenvalue weighted by molar-refractivity contribution is 6.02. The Kier molecular flexibility index (Phi) is 14.5. The number of pyridine rings is 1. The van der Waals surface area contributed by atoms with Gasteiger partial charge in [0.2, 0.25) is 17.7 Å². The number of amides is 3. The standard InChI is InChI=1S/C53H62F3N9O7/c1-2-39-42(55)10-7-33-21-36(66)23-40(46(33)39)48-47(56)49-41(25-58-48)50(62-52(61-49)72-30-53-15-3-17-65(53)26-34(54)24-53)64-27-37(67)22-38(28-64)71-20-4-16-57-45(69)29-63-18-13-32(14-19-63)31-5-8-35(9-6-31)59-43-11-12-44(68)60-51(43)70/h5-10,21,23,25,32,34,37-38,43,59,66-67H,2-4,11-20,22,24,26-30H2,1H3,(H,57,69)(H,60,68,70)/t34-,37?,38?,43?,53+/m1/s1. The van der Waals surface area contributed by atoms with Gasteiger partial charge in [-0.2, -0.15) is 9.97 Å². The third-order valence-corrected chi connectivity index (χ3v) is 15.2. The van der Waals surface area contributed by atoms with Gasteiger partial charge in [-0.15, -0.1) is 0 Å². The van der Waals surface area contributed by atoms with Crippen LogP contribution in [-0.2, 0) is 25.5 Å². The van der Waals surface area contributed by atoms with Crippen LogP contribution in [0, 0.1) is 11.6 Å². The largest absolute Gasteiger partial charge is 0.508 e. The van der Waals surface area contributed by atoms with Gasteiger partial charge >= 0.3 is 6.01 Å². The fourth-order valence-electron chi connectivity index (χ4n) is 11.6. The molecule has 3 aromatic carbocycles. The number of alkyl halides is 1. The van der Waals surface area contributed by atoms with E-state index in [4.69, 9.17) is 14.5 Å². The third kappa shape index (κ3) is 10.5. The second-order valence-corrected chi connectivity index (χ2v) is 20.2. The third-order valence-electron chi connectivity index (χ3n) is 15.2. The lowest BCUT2D eigenvalue weighted by molar-refractivity contribution is -0.133. The van der Waals surface area contributed by atoms with Crippen molar-refractivity contribution in [2.45, 2.75) is 107 Å². The number of aliphatic hydroxyl groups excluding tert-OH is 1. The van der Waals surface area contributed by atoms with Gasteiger partial charge in [0, 0.05) is 69.5 Å². The molecule has 3 unspecified atom stereocenters. The average Bonchev–Trinajstić information content (AvgIpc) is 3.90. The topological polar surface area (TPSA) is 195 Å². The molecule has 2 aromatic heterocycles. The van der Waals surface area contributed by atoms with E-state index in [0.717, 1.165) is 51.0 Å². The van der Waals surface area contributed by atoms with Crippen LogP contribution in [0.3, 0.4) is 0 Å². The number of ether oxygens (including phenoxy) is 2. The van der Waals surface area contributed by atoms with Crippen LogP contribution in [0.4, 0.5) is 24.7 Å². The van der Waals surface area contributed by atoms with Crippen molar-refractivity contribution in [3.63, 3.8) is 0 Å². The van der Waals surface area contributed by atoms with Crippen molar-refractivity contribution in [3.05, 3.63) is 77.5 Å². The number of carbonyl (C=O) groups excluding carboxylic acids is 3. The molecule has 5 saturated heterocycles. The molecule has 382 valence electrons. The van der Waals surface area contributed by atoms with Gasteiger partial charge in [-0.3, -0.25) is 34.5 Å². The van der Waals surface area contributed by atoms with E-state index < -0.39 is 41.6 Å². The molecule has 0 radical (unpaired) electrons. The van der Waals surface area contributed by atoms with E-state index in [1.807, 2.05) is 12.1 Å². The van der Waals surface area contributed by atoms with Crippen molar-refractivity contribution < 1.29 is 47.2 Å². The summed E-state index contributed by atoms with van der Waals surface area (Å²) in [6, 6.07) is 13.3. The molecular formula is C53H62F3N9O7. The molecule has 72 heavy (non-hydrogen) atoms. The minimum absolute atomic E-state index is 0.0674. The van der Waals surface area contributed by atoms with Crippen LogP contribution < -0.4 is 25.6 Å². The van der Waals surface area contributed by atoms with E-state index in [1.54, 1.807) is 11.8 Å². The zero-order valence-electron chi connectivity index (χ0n) is 40.5. The van der Waals surface area contributed by atoms with Crippen LogP contribution in [-0.4, -0.2) is 148 Å². The highest BCUT2D eigenvalue weighted by atomic mass is 19.1. The number of piperidine rings is 3. The van der Waals surface area contributed by atoms with Gasteiger partial charge in [-0.05, 0) is 123 Å². The molecule has 3 amide bonds. The molecule has 0 bridgehead atoms. The number of hydrogen-bond acceptors (Lipinski definition) is 14. The van der Waals surface area contributed by atoms with E-state index in [1.165, 1.54) is 36.0 Å². The molecule has 5 fully saturated rings. The zero-order chi connectivity index (χ0) is 50.1. The summed E-state index contributed by atoms with van der Waals surface area (Å²) in [6.45, 7) is 5.98. The summed E-state index contributed by atoms with van der Waals surface area (Å²) in [5.74, 6) is -1.41. The Labute approximate surface area is 415 Å². The summed E-state index contributed by atoms with van der Waals surface area (Å²) in [7, 11) is 0. The van der Waals surface area contributed by atoms with E-state index >= 15 is 8.78 Å². The lowest BCUT2D eigenvalue weighted by Crippen LogP contribution is -2.47. The molecule has 0 aliphatic carbocycles. The first-order valence-corrected chi connectivity index (χ1v) is 25.4. The summed E-state index contributed by atoms with van der Waals surface area (Å²) in [5.41, 5.74) is 1.80. The Hall–Kier alpha value is -6.15. The molecule has 5 aromatic rings. The Morgan fingerprint density at radius 3 is 2.62 bits per heavy atom. The number of nitrogens with zero attached hydrogens (tertiary/aromatic N) is 6. The second kappa shape index (κ2) is 21.1. The number of carbonyl (C=O) groups is 3. The van der Waals surface area contributed by atoms with E-state index in [9.17, 15) is 29.0 Å². The SMILES string of the molecule is CCc1c(F)ccc2cc(O)cc(-c3ncc4c(N5CC(O)CC(OCCCNC(=O)CN6CCC(c7ccc(NC8CCC(=O)NC8=O)cc7)CC6)C5)nc(OC[C@@]56CCCN5C[C@H](F)C6)nc4c3F)c12. The predicted molar refractivity (Wildman–Crippen MR) is 265 cm³/mol. The predicted octanol–water partition coefficient (Wildman–Crippen LogP) is 5.91. The van der Waals surface area contributed by atoms with Gasteiger partial charge in [-0.25, -0.2) is 13.2 Å². The number of phenolic OH excluding ortho intramolecular Hbond substituents is 1. The van der Waals surface area contributed by atoms with Crippen LogP contribution in [0.5, 0.6) is 11.8 Å². The second-order valence-electron chi connectivity index (χ2n) is 20.2. The van der Waals surface area contributed by atoms with Gasteiger partial charge in [0.05, 0.1) is 29.7 Å². The molecule has 10 rings (SSSR count). The van der Waals surface area contributed by atoms with Crippen molar-refractivity contribution in [2.75, 3.05) is 75.8 Å². The molecule has 5 N–H and O–H groups in total. The van der Waals surface area contributed by atoms with E-state index in [2.05, 4.69) is 47.9 Å². The van der Waals surface area contributed by atoms with Crippen LogP contribution in [0.2, 0.25) is 0 Å². The molecule has 0 spiro atoms. The van der Waals surface area contributed by atoms with Crippen molar-refractivity contribution in [2.24, 2.45) is 0 Å². The maximum Gasteiger partial charge on any atom is 0.319 e. The Balaban J connectivity index is 0.769. The first kappa shape index (κ1) is 49.4. The molecular weight excluding hydrogens is 932 g/mol. The maximum atomic E-state index is 17.2. The van der Waals surface area contributed by atoms with Gasteiger partial charge in [0.25, 0.3) is 0 Å². The molecule has 5 atom stereocenters. The normalized spacial score (nSPS) is 24.2. The van der Waals surface area contributed by atoms with Crippen molar-refractivity contribution >= 4 is 50.9 Å². The van der Waals surface area contributed by atoms with Crippen molar-refractivity contribution in [1.82, 2.24) is 35.4 Å². The molecule has 19 heteroatoms. The number of phenols is 1. The number of β-amino-alcohol motifs (C(OH)–C–C–N with tert-alkyl or cyclic N) is 1. The number of aliphatic hydroxyl groups is 1. The highest BCUT2D eigenvalue weighted by Crippen LogP contribution is 2.42. The smallest absolute Gasteiger partial charge is 0.319 e. The average molecular weight is 994 g/mol. The number of benzene rings is 3. The van der Waals surface area contributed by atoms with Crippen LogP contribution >= 0.6 is 0 Å². The number of anilines is 2. The minimum atomic E-state index is -0.988. The first-order valence-electron chi connectivity index (χ1n) is 25.4. The van der Waals surface area contributed by atoms with Crippen molar-refractivity contribution in [3.8, 4) is 23.0 Å². The summed E-state index contributed by atoms with van der Waals surface area (Å²) >= 11 is 0. The minimum Gasteiger partial charge on any atom is -0.508 e. The van der Waals surface area contributed by atoms with Crippen LogP contribution in [0.25, 0.3) is 32.9 Å². The zero-order valence-corrected chi connectivity index (χ0v) is 40.5. The fourth-order valence-corrected chi connectivity index (χ4v) is 11.6. The summed E-state index contributed by atoms with van der Waals surface area (Å²) < 4.78 is 59.8. The highest BCUT2D eigenvalue weighted by Gasteiger charge is 2.49. The van der Waals surface area contributed by atoms with Gasteiger partial charge in [-0.1, -0.05) is 25.1 Å². The van der Waals surface area contributed by atoms with E-state index in [-0.39, 0.29) is 77.2 Å². The summed E-state index contributed by atoms with van der Waals surface area (Å²) in [4.78, 5) is 56.6. The Morgan fingerprint density at radius 2 is 1.83 bits per heavy atom. The van der Waals surface area contributed by atoms with Gasteiger partial charge < -0.3 is 35.2 Å². The Morgan fingerprint density at radius 1 is 1.01 bits per heavy atom. The lowest BCUT2D eigenvalue weighted by Gasteiger charge is -2.37. The number of rotatable bonds is 16. The number of fused-ring (bicyclic) bond motifs is 3. The first-order chi connectivity index (χ1) is 34.8. The molecule has 7 heterocycles. The van der Waals surface area contributed by atoms with Crippen molar-refractivity contribution in [1.29, 1.82) is 0 Å². The number of aromatic hydroxyl groups is 1. The number of aryl methyl sites for hydroxylation is 1. The quantitative estimate of drug-likeness (QED) is 0.0579. The van der Waals surface area contributed by atoms with Crippen LogP contribution in [0.15, 0.2) is 54.7 Å². The Bertz CT molecular complexity index is 2830. The maximum absolute atomic E-state index is 17.2. The molecule has 5 aliphatic heterocycles. The fraction of sp³-hybridized carbons (Fsp3) is 0.509. The number of nitrogens with one attached hydrogen (secondary N) is 3.